The third kappa shape index (κ3) is 2.57. The van der Waals surface area contributed by atoms with E-state index in [1.54, 1.807) is 24.1 Å². The number of hydrogen-bond donors (Lipinski definition) is 2. The smallest absolute Gasteiger partial charge is 0.271 e. The summed E-state index contributed by atoms with van der Waals surface area (Å²) in [5.74, 6) is -0.242. The Morgan fingerprint density at radius 2 is 2.32 bits per heavy atom. The van der Waals surface area contributed by atoms with E-state index in [4.69, 9.17) is 5.73 Å². The molecule has 6 heteroatoms. The molecule has 3 N–H and O–H groups in total. The second-order valence-electron chi connectivity index (χ2n) is 4.82. The number of amides is 2. The number of anilines is 1. The van der Waals surface area contributed by atoms with Crippen molar-refractivity contribution < 1.29 is 9.59 Å². The zero-order valence-corrected chi connectivity index (χ0v) is 11.3. The summed E-state index contributed by atoms with van der Waals surface area (Å²) in [4.78, 5) is 25.8. The Balaban J connectivity index is 2.25. The lowest BCUT2D eigenvalue weighted by atomic mass is 10.2. The van der Waals surface area contributed by atoms with Crippen LogP contribution in [0.25, 0.3) is 0 Å². The molecule has 2 rings (SSSR count). The van der Waals surface area contributed by atoms with Gasteiger partial charge in [0.05, 0.1) is 5.69 Å². The van der Waals surface area contributed by atoms with Crippen molar-refractivity contribution in [3.8, 4) is 0 Å². The molecule has 2 heterocycles. The highest BCUT2D eigenvalue weighted by atomic mass is 16.2. The maximum atomic E-state index is 12.5. The van der Waals surface area contributed by atoms with E-state index in [0.717, 1.165) is 13.0 Å². The Morgan fingerprint density at radius 1 is 1.58 bits per heavy atom. The van der Waals surface area contributed by atoms with Crippen LogP contribution in [-0.4, -0.2) is 40.4 Å². The van der Waals surface area contributed by atoms with Gasteiger partial charge in [-0.3, -0.25) is 9.59 Å². The standard InChI is InChI=1S/C13H20N4O2/c1-3-5-16-8-10(14)7-11(16)13(19)17-6-4-15-12(18)9(17)2/h7-9H,3-6,14H2,1-2H3,(H,15,18). The van der Waals surface area contributed by atoms with Gasteiger partial charge in [-0.15, -0.1) is 0 Å². The molecule has 104 valence electrons. The summed E-state index contributed by atoms with van der Waals surface area (Å²) in [7, 11) is 0. The fraction of sp³-hybridized carbons (Fsp3) is 0.538. The number of nitrogens with zero attached hydrogens (tertiary/aromatic N) is 2. The Kier molecular flexibility index (Phi) is 3.78. The summed E-state index contributed by atoms with van der Waals surface area (Å²) in [6.07, 6.45) is 2.69. The molecule has 1 aromatic heterocycles. The normalized spacial score (nSPS) is 19.4. The molecular formula is C13H20N4O2. The molecular weight excluding hydrogens is 244 g/mol. The number of rotatable bonds is 3. The molecule has 2 amide bonds. The van der Waals surface area contributed by atoms with Crippen LogP contribution < -0.4 is 11.1 Å². The summed E-state index contributed by atoms with van der Waals surface area (Å²) in [5.41, 5.74) is 6.90. The fourth-order valence-electron chi connectivity index (χ4n) is 2.35. The summed E-state index contributed by atoms with van der Waals surface area (Å²) in [5, 5.41) is 2.75. The van der Waals surface area contributed by atoms with Gasteiger partial charge in [-0.05, 0) is 19.4 Å². The lowest BCUT2D eigenvalue weighted by molar-refractivity contribution is -0.127. The van der Waals surface area contributed by atoms with E-state index in [-0.39, 0.29) is 11.8 Å². The minimum Gasteiger partial charge on any atom is -0.397 e. The van der Waals surface area contributed by atoms with Gasteiger partial charge in [-0.2, -0.15) is 0 Å². The van der Waals surface area contributed by atoms with Crippen molar-refractivity contribution in [2.45, 2.75) is 32.9 Å². The van der Waals surface area contributed by atoms with Crippen molar-refractivity contribution in [1.82, 2.24) is 14.8 Å². The number of aromatic nitrogens is 1. The van der Waals surface area contributed by atoms with Gasteiger partial charge in [0.2, 0.25) is 5.91 Å². The van der Waals surface area contributed by atoms with Gasteiger partial charge in [-0.25, -0.2) is 0 Å². The predicted octanol–water partition coefficient (Wildman–Crippen LogP) is 0.441. The largest absolute Gasteiger partial charge is 0.397 e. The Bertz CT molecular complexity index is 495. The molecule has 1 atom stereocenters. The first-order valence-electron chi connectivity index (χ1n) is 6.59. The topological polar surface area (TPSA) is 80.4 Å². The van der Waals surface area contributed by atoms with Gasteiger partial charge in [0.25, 0.3) is 5.91 Å². The van der Waals surface area contributed by atoms with Crippen molar-refractivity contribution in [1.29, 1.82) is 0 Å². The van der Waals surface area contributed by atoms with Gasteiger partial charge in [0.15, 0.2) is 0 Å². The zero-order valence-electron chi connectivity index (χ0n) is 11.3. The molecule has 0 aliphatic carbocycles. The first-order valence-corrected chi connectivity index (χ1v) is 6.59. The molecule has 6 nitrogen and oxygen atoms in total. The SMILES string of the molecule is CCCn1cc(N)cc1C(=O)N1CCNC(=O)C1C. The molecule has 1 aliphatic rings. The van der Waals surface area contributed by atoms with Crippen LogP contribution in [-0.2, 0) is 11.3 Å². The maximum absolute atomic E-state index is 12.5. The molecule has 0 radical (unpaired) electrons. The van der Waals surface area contributed by atoms with Gasteiger partial charge in [0.1, 0.15) is 11.7 Å². The number of nitrogens with one attached hydrogen (secondary N) is 1. The third-order valence-corrected chi connectivity index (χ3v) is 3.36. The quantitative estimate of drug-likeness (QED) is 0.831. The lowest BCUT2D eigenvalue weighted by Gasteiger charge is -2.33. The highest BCUT2D eigenvalue weighted by molar-refractivity contribution is 5.97. The summed E-state index contributed by atoms with van der Waals surface area (Å²) in [6.45, 7) is 5.55. The van der Waals surface area contributed by atoms with Crippen LogP contribution in [0.1, 0.15) is 30.8 Å². The van der Waals surface area contributed by atoms with Crippen LogP contribution in [0.3, 0.4) is 0 Å². The number of carbonyl (C=O) groups excluding carboxylic acids is 2. The molecule has 19 heavy (non-hydrogen) atoms. The number of nitrogens with two attached hydrogens (primary N) is 1. The third-order valence-electron chi connectivity index (χ3n) is 3.36. The zero-order chi connectivity index (χ0) is 14.0. The van der Waals surface area contributed by atoms with Crippen LogP contribution in [0, 0.1) is 0 Å². The number of carbonyl (C=O) groups is 2. The van der Waals surface area contributed by atoms with Crippen LogP contribution in [0.5, 0.6) is 0 Å². The molecule has 0 aromatic carbocycles. The fourth-order valence-corrected chi connectivity index (χ4v) is 2.35. The van der Waals surface area contributed by atoms with E-state index in [9.17, 15) is 9.59 Å². The Hall–Kier alpha value is -1.98. The van der Waals surface area contributed by atoms with Crippen molar-refractivity contribution >= 4 is 17.5 Å². The lowest BCUT2D eigenvalue weighted by Crippen LogP contribution is -2.56. The number of nitrogen functional groups attached to an aromatic ring is 1. The minimum absolute atomic E-state index is 0.110. The second kappa shape index (κ2) is 5.34. The molecule has 1 aromatic rings. The van der Waals surface area contributed by atoms with Crippen molar-refractivity contribution in [3.63, 3.8) is 0 Å². The van der Waals surface area contributed by atoms with Crippen LogP contribution >= 0.6 is 0 Å². The van der Waals surface area contributed by atoms with Crippen LogP contribution in [0.2, 0.25) is 0 Å². The predicted molar refractivity (Wildman–Crippen MR) is 72.6 cm³/mol. The first kappa shape index (κ1) is 13.5. The summed E-state index contributed by atoms with van der Waals surface area (Å²) >= 11 is 0. The second-order valence-corrected chi connectivity index (χ2v) is 4.82. The van der Waals surface area contributed by atoms with Crippen LogP contribution in [0.4, 0.5) is 5.69 Å². The highest BCUT2D eigenvalue weighted by Crippen LogP contribution is 2.16. The van der Waals surface area contributed by atoms with E-state index in [0.29, 0.717) is 24.5 Å². The van der Waals surface area contributed by atoms with E-state index in [2.05, 4.69) is 5.32 Å². The van der Waals surface area contributed by atoms with Gasteiger partial charge in [0, 0.05) is 25.8 Å². The average molecular weight is 264 g/mol. The number of aryl methyl sites for hydroxylation is 1. The van der Waals surface area contributed by atoms with Gasteiger partial charge >= 0.3 is 0 Å². The van der Waals surface area contributed by atoms with E-state index in [1.807, 2.05) is 11.5 Å². The highest BCUT2D eigenvalue weighted by Gasteiger charge is 2.31. The molecule has 1 unspecified atom stereocenters. The van der Waals surface area contributed by atoms with Crippen molar-refractivity contribution in [3.05, 3.63) is 18.0 Å². The average Bonchev–Trinajstić information content (AvgIpc) is 2.73. The molecule has 0 bridgehead atoms. The Labute approximate surface area is 112 Å². The molecule has 0 saturated carbocycles. The molecule has 1 fully saturated rings. The number of hydrogen-bond acceptors (Lipinski definition) is 3. The van der Waals surface area contributed by atoms with E-state index < -0.39 is 6.04 Å². The van der Waals surface area contributed by atoms with E-state index >= 15 is 0 Å². The molecule has 0 spiro atoms. The van der Waals surface area contributed by atoms with Gasteiger partial charge in [-0.1, -0.05) is 6.92 Å². The van der Waals surface area contributed by atoms with E-state index in [1.165, 1.54) is 0 Å². The van der Waals surface area contributed by atoms with Crippen molar-refractivity contribution in [2.75, 3.05) is 18.8 Å². The molecule has 1 aliphatic heterocycles. The molecule has 1 saturated heterocycles. The first-order chi connectivity index (χ1) is 9.04. The summed E-state index contributed by atoms with van der Waals surface area (Å²) in [6, 6.07) is 1.24. The summed E-state index contributed by atoms with van der Waals surface area (Å²) < 4.78 is 1.86. The Morgan fingerprint density at radius 3 is 3.00 bits per heavy atom. The maximum Gasteiger partial charge on any atom is 0.271 e. The monoisotopic (exact) mass is 264 g/mol. The van der Waals surface area contributed by atoms with Crippen molar-refractivity contribution in [2.24, 2.45) is 0 Å². The minimum atomic E-state index is -0.438. The van der Waals surface area contributed by atoms with Gasteiger partial charge < -0.3 is 20.5 Å². The number of piperazine rings is 1. The van der Waals surface area contributed by atoms with Crippen LogP contribution in [0.15, 0.2) is 12.3 Å².